The number of aryl methyl sites for hydroxylation is 1. The maximum absolute atomic E-state index is 12.7. The zero-order valence-corrected chi connectivity index (χ0v) is 17.2. The largest absolute Gasteiger partial charge is 0.379 e. The molecule has 1 aromatic rings. The second-order valence-electron chi connectivity index (χ2n) is 7.01. The molecule has 2 aliphatic heterocycles. The Morgan fingerprint density at radius 2 is 1.86 bits per heavy atom. The molecule has 3 rings (SSSR count). The summed E-state index contributed by atoms with van der Waals surface area (Å²) in [4.78, 5) is 37.7. The van der Waals surface area contributed by atoms with Crippen LogP contribution in [-0.2, 0) is 32.0 Å². The first-order valence-corrected chi connectivity index (χ1v) is 9.72. The van der Waals surface area contributed by atoms with Gasteiger partial charge >= 0.3 is 0 Å². The second-order valence-corrected chi connectivity index (χ2v) is 7.01. The lowest BCUT2D eigenvalue weighted by Crippen LogP contribution is -2.52. The molecule has 3 N–H and O–H groups in total. The predicted octanol–water partition coefficient (Wildman–Crippen LogP) is 0.794. The Morgan fingerprint density at radius 3 is 2.59 bits per heavy atom. The molecule has 0 saturated carbocycles. The highest BCUT2D eigenvalue weighted by Gasteiger charge is 2.38. The summed E-state index contributed by atoms with van der Waals surface area (Å²) < 4.78 is 10.8. The SMILES string of the molecule is Cl.NCCOCCOCCCc1ccc2c(c1)CN(C1CCC(=O)NC1=O)C2=O. The van der Waals surface area contributed by atoms with E-state index in [1.165, 1.54) is 0 Å². The van der Waals surface area contributed by atoms with Gasteiger partial charge in [0.15, 0.2) is 0 Å². The number of nitrogens with one attached hydrogen (secondary N) is 1. The van der Waals surface area contributed by atoms with E-state index in [1.54, 1.807) is 4.90 Å². The predicted molar refractivity (Wildman–Crippen MR) is 109 cm³/mol. The van der Waals surface area contributed by atoms with Crippen LogP contribution in [0.5, 0.6) is 0 Å². The highest BCUT2D eigenvalue weighted by molar-refractivity contribution is 6.05. The smallest absolute Gasteiger partial charge is 0.255 e. The number of nitrogens with two attached hydrogens (primary N) is 1. The normalized spacial score (nSPS) is 18.4. The van der Waals surface area contributed by atoms with Crippen LogP contribution in [0.1, 0.15) is 40.7 Å². The maximum Gasteiger partial charge on any atom is 0.255 e. The first-order valence-electron chi connectivity index (χ1n) is 9.72. The average Bonchev–Trinajstić information content (AvgIpc) is 3.00. The van der Waals surface area contributed by atoms with E-state index in [4.69, 9.17) is 15.2 Å². The van der Waals surface area contributed by atoms with Crippen molar-refractivity contribution in [2.24, 2.45) is 5.73 Å². The molecule has 3 amide bonds. The number of nitrogens with zero attached hydrogens (tertiary/aromatic N) is 1. The lowest BCUT2D eigenvalue weighted by atomic mass is 10.0. The van der Waals surface area contributed by atoms with Crippen LogP contribution in [0.25, 0.3) is 0 Å². The Hall–Kier alpha value is -2.00. The summed E-state index contributed by atoms with van der Waals surface area (Å²) in [6, 6.07) is 5.25. The van der Waals surface area contributed by atoms with Crippen molar-refractivity contribution in [3.63, 3.8) is 0 Å². The lowest BCUT2D eigenvalue weighted by Gasteiger charge is -2.29. The minimum atomic E-state index is -0.573. The quantitative estimate of drug-likeness (QED) is 0.423. The van der Waals surface area contributed by atoms with Crippen LogP contribution in [0.4, 0.5) is 0 Å². The number of hydrogen-bond acceptors (Lipinski definition) is 6. The number of hydrogen-bond donors (Lipinski definition) is 2. The topological polar surface area (TPSA) is 111 Å². The molecule has 0 aromatic heterocycles. The van der Waals surface area contributed by atoms with Crippen molar-refractivity contribution >= 4 is 30.1 Å². The maximum atomic E-state index is 12.7. The van der Waals surface area contributed by atoms with E-state index in [2.05, 4.69) is 5.32 Å². The fraction of sp³-hybridized carbons (Fsp3) is 0.550. The first kappa shape index (κ1) is 23.3. The van der Waals surface area contributed by atoms with Crippen LogP contribution in [0.3, 0.4) is 0 Å². The van der Waals surface area contributed by atoms with E-state index in [1.807, 2.05) is 18.2 Å². The molecular formula is C20H28ClN3O5. The van der Waals surface area contributed by atoms with Crippen molar-refractivity contribution in [3.05, 3.63) is 34.9 Å². The van der Waals surface area contributed by atoms with Gasteiger partial charge in [-0.05, 0) is 36.5 Å². The molecule has 1 unspecified atom stereocenters. The standard InChI is InChI=1S/C20H27N3O5.ClH/c21-7-9-28-11-10-27-8-1-2-14-3-4-16-15(12-14)13-23(20(16)26)17-5-6-18(24)22-19(17)25;/h3-4,12,17H,1-2,5-11,13,21H2,(H,22,24,25);1H. The number of fused-ring (bicyclic) bond motifs is 1. The van der Waals surface area contributed by atoms with Gasteiger partial charge < -0.3 is 20.1 Å². The van der Waals surface area contributed by atoms with Gasteiger partial charge in [0.1, 0.15) is 6.04 Å². The number of carbonyl (C=O) groups is 3. The Morgan fingerprint density at radius 1 is 1.10 bits per heavy atom. The molecule has 9 heteroatoms. The molecular weight excluding hydrogens is 398 g/mol. The molecule has 1 atom stereocenters. The van der Waals surface area contributed by atoms with E-state index < -0.39 is 6.04 Å². The van der Waals surface area contributed by atoms with Crippen molar-refractivity contribution in [3.8, 4) is 0 Å². The average molecular weight is 426 g/mol. The van der Waals surface area contributed by atoms with Crippen LogP contribution >= 0.6 is 12.4 Å². The van der Waals surface area contributed by atoms with Crippen LogP contribution in [0, 0.1) is 0 Å². The van der Waals surface area contributed by atoms with E-state index in [0.29, 0.717) is 51.5 Å². The number of rotatable bonds is 10. The third kappa shape index (κ3) is 5.99. The van der Waals surface area contributed by atoms with Gasteiger partial charge in [-0.25, -0.2) is 0 Å². The first-order chi connectivity index (χ1) is 13.6. The summed E-state index contributed by atoms with van der Waals surface area (Å²) in [7, 11) is 0. The van der Waals surface area contributed by atoms with Gasteiger partial charge in [-0.3, -0.25) is 19.7 Å². The molecule has 160 valence electrons. The number of carbonyl (C=O) groups excluding carboxylic acids is 3. The fourth-order valence-corrected chi connectivity index (χ4v) is 3.57. The Labute approximate surface area is 176 Å². The third-order valence-corrected chi connectivity index (χ3v) is 4.98. The zero-order valence-electron chi connectivity index (χ0n) is 16.4. The molecule has 2 aliphatic rings. The molecule has 0 radical (unpaired) electrons. The van der Waals surface area contributed by atoms with Gasteiger partial charge in [0.25, 0.3) is 5.91 Å². The van der Waals surface area contributed by atoms with Crippen molar-refractivity contribution in [1.82, 2.24) is 10.2 Å². The molecule has 1 aromatic carbocycles. The number of halogens is 1. The molecule has 0 bridgehead atoms. The van der Waals surface area contributed by atoms with Crippen LogP contribution in [0.15, 0.2) is 18.2 Å². The highest BCUT2D eigenvalue weighted by Crippen LogP contribution is 2.28. The van der Waals surface area contributed by atoms with Gasteiger partial charge in [0.05, 0.1) is 19.8 Å². The van der Waals surface area contributed by atoms with Crippen molar-refractivity contribution in [2.45, 2.75) is 38.3 Å². The van der Waals surface area contributed by atoms with Gasteiger partial charge in [0.2, 0.25) is 11.8 Å². The monoisotopic (exact) mass is 425 g/mol. The Kier molecular flexibility index (Phi) is 9.03. The van der Waals surface area contributed by atoms with Gasteiger partial charge in [0, 0.05) is 31.7 Å². The van der Waals surface area contributed by atoms with Crippen LogP contribution < -0.4 is 11.1 Å². The molecule has 1 fully saturated rings. The third-order valence-electron chi connectivity index (χ3n) is 4.98. The second kappa shape index (κ2) is 11.3. The molecule has 0 spiro atoms. The Bertz CT molecular complexity index is 743. The molecule has 1 saturated heterocycles. The van der Waals surface area contributed by atoms with Crippen molar-refractivity contribution < 1.29 is 23.9 Å². The van der Waals surface area contributed by atoms with E-state index >= 15 is 0 Å². The number of benzene rings is 1. The number of ether oxygens (including phenoxy) is 2. The van der Waals surface area contributed by atoms with E-state index in [-0.39, 0.29) is 36.5 Å². The number of imide groups is 1. The summed E-state index contributed by atoms with van der Waals surface area (Å²) in [5, 5.41) is 2.32. The lowest BCUT2D eigenvalue weighted by molar-refractivity contribution is -0.136. The van der Waals surface area contributed by atoms with Crippen molar-refractivity contribution in [1.29, 1.82) is 0 Å². The van der Waals surface area contributed by atoms with Gasteiger partial charge in [-0.1, -0.05) is 12.1 Å². The molecule has 8 nitrogen and oxygen atoms in total. The zero-order chi connectivity index (χ0) is 19.9. The molecule has 0 aliphatic carbocycles. The number of piperidine rings is 1. The molecule has 2 heterocycles. The fourth-order valence-electron chi connectivity index (χ4n) is 3.57. The molecule has 29 heavy (non-hydrogen) atoms. The van der Waals surface area contributed by atoms with Gasteiger partial charge in [-0.15, -0.1) is 12.4 Å². The van der Waals surface area contributed by atoms with Crippen molar-refractivity contribution in [2.75, 3.05) is 33.0 Å². The Balaban J connectivity index is 0.00000300. The summed E-state index contributed by atoms with van der Waals surface area (Å²) >= 11 is 0. The van der Waals surface area contributed by atoms with Crippen LogP contribution in [0.2, 0.25) is 0 Å². The summed E-state index contributed by atoms with van der Waals surface area (Å²) in [5.41, 5.74) is 8.06. The summed E-state index contributed by atoms with van der Waals surface area (Å²) in [5.74, 6) is -0.803. The van der Waals surface area contributed by atoms with Gasteiger partial charge in [-0.2, -0.15) is 0 Å². The summed E-state index contributed by atoms with van der Waals surface area (Å²) in [6.07, 6.45) is 2.37. The highest BCUT2D eigenvalue weighted by atomic mass is 35.5. The van der Waals surface area contributed by atoms with E-state index in [9.17, 15) is 14.4 Å². The van der Waals surface area contributed by atoms with E-state index in [0.717, 1.165) is 24.0 Å². The number of amides is 3. The summed E-state index contributed by atoms with van der Waals surface area (Å²) in [6.45, 7) is 3.22. The van der Waals surface area contributed by atoms with Crippen LogP contribution in [-0.4, -0.2) is 61.6 Å². The minimum absolute atomic E-state index is 0. The minimum Gasteiger partial charge on any atom is -0.379 e.